The fourth-order valence-corrected chi connectivity index (χ4v) is 3.03. The maximum absolute atomic E-state index is 12.4. The van der Waals surface area contributed by atoms with Gasteiger partial charge in [-0.05, 0) is 37.1 Å². The predicted octanol–water partition coefficient (Wildman–Crippen LogP) is 3.08. The molecule has 136 valence electrons. The van der Waals surface area contributed by atoms with Gasteiger partial charge >= 0.3 is 0 Å². The summed E-state index contributed by atoms with van der Waals surface area (Å²) in [7, 11) is 0. The van der Waals surface area contributed by atoms with Crippen molar-refractivity contribution >= 4 is 23.5 Å². The lowest BCUT2D eigenvalue weighted by molar-refractivity contribution is -0.123. The Balaban J connectivity index is 1.51. The maximum atomic E-state index is 12.4. The number of hydrogen-bond donors (Lipinski definition) is 2. The first-order valence-corrected chi connectivity index (χ1v) is 8.71. The highest BCUT2D eigenvalue weighted by molar-refractivity contribution is 6.01. The standard InChI is InChI=1S/C20H19N5O2/c1-12-8-9-15(10-13(12)2)21-17(26)11-16-19(27)23-20-22-18(24-25(16)20)14-6-4-3-5-7-14/h3-10,16H,11H2,1-2H3,(H,21,26)(H,22,23,24,27)/t16-/m0/s1. The molecule has 2 N–H and O–H groups in total. The smallest absolute Gasteiger partial charge is 0.252 e. The summed E-state index contributed by atoms with van der Waals surface area (Å²) in [6.07, 6.45) is -0.0106. The van der Waals surface area contributed by atoms with Crippen LogP contribution in [0.3, 0.4) is 0 Å². The van der Waals surface area contributed by atoms with Crippen LogP contribution >= 0.6 is 0 Å². The van der Waals surface area contributed by atoms with Gasteiger partial charge in [0.1, 0.15) is 6.04 Å². The Morgan fingerprint density at radius 1 is 1.15 bits per heavy atom. The van der Waals surface area contributed by atoms with Crippen molar-refractivity contribution in [3.8, 4) is 11.4 Å². The topological polar surface area (TPSA) is 88.9 Å². The van der Waals surface area contributed by atoms with Gasteiger partial charge in [-0.15, -0.1) is 5.10 Å². The summed E-state index contributed by atoms with van der Waals surface area (Å²) in [6, 6.07) is 14.5. The Morgan fingerprint density at radius 3 is 2.67 bits per heavy atom. The highest BCUT2D eigenvalue weighted by Gasteiger charge is 2.35. The minimum atomic E-state index is -0.712. The van der Waals surface area contributed by atoms with E-state index in [1.165, 1.54) is 4.68 Å². The van der Waals surface area contributed by atoms with Crippen LogP contribution in [0, 0.1) is 13.8 Å². The molecule has 1 aliphatic heterocycles. The van der Waals surface area contributed by atoms with E-state index in [4.69, 9.17) is 0 Å². The number of fused-ring (bicyclic) bond motifs is 1. The van der Waals surface area contributed by atoms with Gasteiger partial charge in [-0.25, -0.2) is 4.68 Å². The Hall–Kier alpha value is -3.48. The van der Waals surface area contributed by atoms with E-state index in [1.54, 1.807) is 0 Å². The molecule has 4 rings (SSSR count). The van der Waals surface area contributed by atoms with Crippen LogP contribution in [0.4, 0.5) is 11.6 Å². The number of rotatable bonds is 4. The summed E-state index contributed by atoms with van der Waals surface area (Å²) in [5.41, 5.74) is 3.82. The van der Waals surface area contributed by atoms with Crippen LogP contribution in [0.1, 0.15) is 23.6 Å². The molecule has 1 atom stereocenters. The summed E-state index contributed by atoms with van der Waals surface area (Å²) in [4.78, 5) is 29.0. The molecule has 2 amide bonds. The first-order valence-electron chi connectivity index (χ1n) is 8.71. The number of hydrogen-bond acceptors (Lipinski definition) is 4. The largest absolute Gasteiger partial charge is 0.326 e. The lowest BCUT2D eigenvalue weighted by Crippen LogP contribution is -2.23. The van der Waals surface area contributed by atoms with Crippen LogP contribution in [0.2, 0.25) is 0 Å². The number of carbonyl (C=O) groups is 2. The van der Waals surface area contributed by atoms with E-state index >= 15 is 0 Å². The average molecular weight is 361 g/mol. The van der Waals surface area contributed by atoms with Gasteiger partial charge in [-0.3, -0.25) is 14.9 Å². The van der Waals surface area contributed by atoms with E-state index < -0.39 is 6.04 Å². The molecule has 3 aromatic rings. The second kappa shape index (κ2) is 6.68. The third-order valence-corrected chi connectivity index (χ3v) is 4.67. The lowest BCUT2D eigenvalue weighted by atomic mass is 10.1. The molecule has 0 saturated carbocycles. The van der Waals surface area contributed by atoms with Crippen molar-refractivity contribution in [1.29, 1.82) is 0 Å². The second-order valence-corrected chi connectivity index (χ2v) is 6.63. The first-order chi connectivity index (χ1) is 13.0. The van der Waals surface area contributed by atoms with E-state index in [9.17, 15) is 9.59 Å². The van der Waals surface area contributed by atoms with Crippen molar-refractivity contribution in [3.63, 3.8) is 0 Å². The average Bonchev–Trinajstić information content (AvgIpc) is 3.18. The molecule has 7 nitrogen and oxygen atoms in total. The Bertz CT molecular complexity index is 1030. The van der Waals surface area contributed by atoms with Gasteiger partial charge < -0.3 is 5.32 Å². The summed E-state index contributed by atoms with van der Waals surface area (Å²) in [5.74, 6) is 0.357. The fourth-order valence-electron chi connectivity index (χ4n) is 3.03. The third kappa shape index (κ3) is 3.31. The summed E-state index contributed by atoms with van der Waals surface area (Å²) < 4.78 is 1.49. The highest BCUT2D eigenvalue weighted by atomic mass is 16.2. The minimum Gasteiger partial charge on any atom is -0.326 e. The Morgan fingerprint density at radius 2 is 1.93 bits per heavy atom. The molecule has 2 heterocycles. The summed E-state index contributed by atoms with van der Waals surface area (Å²) >= 11 is 0. The number of amides is 2. The van der Waals surface area contributed by atoms with Crippen LogP contribution in [0.25, 0.3) is 11.4 Å². The molecular formula is C20H19N5O2. The number of aromatic nitrogens is 3. The first kappa shape index (κ1) is 17.0. The number of nitrogens with one attached hydrogen (secondary N) is 2. The van der Waals surface area contributed by atoms with Crippen molar-refractivity contribution < 1.29 is 9.59 Å². The Kier molecular flexibility index (Phi) is 4.19. The van der Waals surface area contributed by atoms with E-state index in [1.807, 2.05) is 62.4 Å². The van der Waals surface area contributed by atoms with Gasteiger partial charge in [0, 0.05) is 11.3 Å². The monoisotopic (exact) mass is 361 g/mol. The molecule has 27 heavy (non-hydrogen) atoms. The minimum absolute atomic E-state index is 0.0106. The molecule has 1 aliphatic rings. The SMILES string of the molecule is Cc1ccc(NC(=O)C[C@H]2C(=O)Nc3nc(-c4ccccc4)nn32)cc1C. The van der Waals surface area contributed by atoms with Crippen LogP contribution in [-0.4, -0.2) is 26.6 Å². The van der Waals surface area contributed by atoms with Crippen LogP contribution in [0.15, 0.2) is 48.5 Å². The zero-order valence-corrected chi connectivity index (χ0v) is 15.1. The molecule has 2 aromatic carbocycles. The lowest BCUT2D eigenvalue weighted by Gasteiger charge is -2.11. The van der Waals surface area contributed by atoms with Gasteiger partial charge in [0.25, 0.3) is 5.91 Å². The normalized spacial score (nSPS) is 15.3. The zero-order chi connectivity index (χ0) is 19.0. The van der Waals surface area contributed by atoms with Gasteiger partial charge in [0.2, 0.25) is 11.9 Å². The number of benzene rings is 2. The Labute approximate surface area is 156 Å². The van der Waals surface area contributed by atoms with Crippen molar-refractivity contribution in [1.82, 2.24) is 14.8 Å². The van der Waals surface area contributed by atoms with Crippen LogP contribution < -0.4 is 10.6 Å². The quantitative estimate of drug-likeness (QED) is 0.747. The molecule has 7 heteroatoms. The van der Waals surface area contributed by atoms with Crippen molar-refractivity contribution in [3.05, 3.63) is 59.7 Å². The van der Waals surface area contributed by atoms with Crippen molar-refractivity contribution in [2.24, 2.45) is 0 Å². The molecule has 0 aliphatic carbocycles. The molecule has 0 bridgehead atoms. The van der Waals surface area contributed by atoms with Crippen molar-refractivity contribution in [2.45, 2.75) is 26.3 Å². The maximum Gasteiger partial charge on any atom is 0.252 e. The molecule has 0 spiro atoms. The van der Waals surface area contributed by atoms with Crippen LogP contribution in [0.5, 0.6) is 0 Å². The molecular weight excluding hydrogens is 342 g/mol. The van der Waals surface area contributed by atoms with Gasteiger partial charge in [-0.2, -0.15) is 4.98 Å². The van der Waals surface area contributed by atoms with E-state index in [0.717, 1.165) is 16.7 Å². The van der Waals surface area contributed by atoms with Gasteiger partial charge in [-0.1, -0.05) is 36.4 Å². The van der Waals surface area contributed by atoms with E-state index in [0.29, 0.717) is 17.5 Å². The number of anilines is 2. The number of nitrogens with zero attached hydrogens (tertiary/aromatic N) is 3. The number of carbonyl (C=O) groups excluding carboxylic acids is 2. The molecule has 0 radical (unpaired) electrons. The molecule has 1 aromatic heterocycles. The summed E-state index contributed by atoms with van der Waals surface area (Å²) in [5, 5.41) is 9.96. The zero-order valence-electron chi connectivity index (χ0n) is 15.1. The summed E-state index contributed by atoms with van der Waals surface area (Å²) in [6.45, 7) is 4.00. The molecule has 0 unspecified atom stereocenters. The van der Waals surface area contributed by atoms with Crippen LogP contribution in [-0.2, 0) is 9.59 Å². The second-order valence-electron chi connectivity index (χ2n) is 6.63. The highest BCUT2D eigenvalue weighted by Crippen LogP contribution is 2.28. The molecule has 0 saturated heterocycles. The van der Waals surface area contributed by atoms with E-state index in [2.05, 4.69) is 20.7 Å². The number of aryl methyl sites for hydroxylation is 2. The third-order valence-electron chi connectivity index (χ3n) is 4.67. The van der Waals surface area contributed by atoms with E-state index in [-0.39, 0.29) is 18.2 Å². The van der Waals surface area contributed by atoms with Gasteiger partial charge in [0.15, 0.2) is 5.82 Å². The van der Waals surface area contributed by atoms with Crippen molar-refractivity contribution in [2.75, 3.05) is 10.6 Å². The van der Waals surface area contributed by atoms with Gasteiger partial charge in [0.05, 0.1) is 6.42 Å². The fraction of sp³-hybridized carbons (Fsp3) is 0.200. The predicted molar refractivity (Wildman–Crippen MR) is 102 cm³/mol. The molecule has 0 fully saturated rings.